The Hall–Kier alpha value is -3.08. The Morgan fingerprint density at radius 1 is 1.03 bits per heavy atom. The van der Waals surface area contributed by atoms with Crippen molar-refractivity contribution in [3.63, 3.8) is 0 Å². The summed E-state index contributed by atoms with van der Waals surface area (Å²) < 4.78 is 19.6. The van der Waals surface area contributed by atoms with E-state index in [1.165, 1.54) is 39.8 Å². The number of benzene rings is 3. The standard InChI is InChI=1S/C29H29FN2O/c1-19-4-11-25-22(14-19)16-31-17-27(25)21-8-12-26-23(15-21)18-33-29(26)28(32(2)3)13-7-20-5-9-24(30)10-6-20/h4-6,8-12,14-17,28-29H,7,13,18H2,1-3H3. The molecule has 0 N–H and O–H groups in total. The molecule has 3 nitrogen and oxygen atoms in total. The van der Waals surface area contributed by atoms with E-state index in [1.54, 1.807) is 0 Å². The molecule has 0 bridgehead atoms. The van der Waals surface area contributed by atoms with Gasteiger partial charge in [-0.25, -0.2) is 4.39 Å². The predicted molar refractivity (Wildman–Crippen MR) is 132 cm³/mol. The Morgan fingerprint density at radius 3 is 2.64 bits per heavy atom. The highest BCUT2D eigenvalue weighted by Crippen LogP contribution is 2.39. The van der Waals surface area contributed by atoms with Crippen molar-refractivity contribution < 1.29 is 9.13 Å². The van der Waals surface area contributed by atoms with Crippen molar-refractivity contribution in [2.24, 2.45) is 0 Å². The number of ether oxygens (including phenoxy) is 1. The summed E-state index contributed by atoms with van der Waals surface area (Å²) in [6, 6.07) is 20.3. The van der Waals surface area contributed by atoms with Gasteiger partial charge >= 0.3 is 0 Å². The van der Waals surface area contributed by atoms with Gasteiger partial charge < -0.3 is 9.64 Å². The molecule has 1 aliphatic heterocycles. The van der Waals surface area contributed by atoms with Gasteiger partial charge in [0.05, 0.1) is 12.7 Å². The zero-order valence-corrected chi connectivity index (χ0v) is 19.4. The molecule has 33 heavy (non-hydrogen) atoms. The third-order valence-electron chi connectivity index (χ3n) is 6.75. The average molecular weight is 441 g/mol. The monoisotopic (exact) mass is 440 g/mol. The number of nitrogens with zero attached hydrogens (tertiary/aromatic N) is 2. The molecule has 3 aromatic carbocycles. The first kappa shape index (κ1) is 21.7. The van der Waals surface area contributed by atoms with E-state index in [1.807, 2.05) is 24.5 Å². The lowest BCUT2D eigenvalue weighted by Gasteiger charge is -2.30. The number of halogens is 1. The van der Waals surface area contributed by atoms with Crippen LogP contribution < -0.4 is 0 Å². The Balaban J connectivity index is 1.41. The van der Waals surface area contributed by atoms with Gasteiger partial charge in [0.2, 0.25) is 0 Å². The Kier molecular flexibility index (Phi) is 5.96. The van der Waals surface area contributed by atoms with Gasteiger partial charge in [-0.15, -0.1) is 0 Å². The minimum atomic E-state index is -0.191. The number of rotatable bonds is 6. The number of pyridine rings is 1. The van der Waals surface area contributed by atoms with E-state index in [4.69, 9.17) is 4.74 Å². The summed E-state index contributed by atoms with van der Waals surface area (Å²) in [5, 5.41) is 2.38. The summed E-state index contributed by atoms with van der Waals surface area (Å²) in [4.78, 5) is 6.73. The van der Waals surface area contributed by atoms with Crippen LogP contribution in [0.25, 0.3) is 21.9 Å². The number of likely N-dealkylation sites (N-methyl/N-ethyl adjacent to an activating group) is 1. The van der Waals surface area contributed by atoms with Crippen molar-refractivity contribution in [3.8, 4) is 11.1 Å². The fourth-order valence-corrected chi connectivity index (χ4v) is 4.94. The number of aryl methyl sites for hydroxylation is 2. The molecule has 1 aliphatic rings. The minimum absolute atomic E-state index is 0.0257. The van der Waals surface area contributed by atoms with Crippen LogP contribution in [-0.2, 0) is 17.8 Å². The summed E-state index contributed by atoms with van der Waals surface area (Å²) in [5.74, 6) is -0.191. The molecular formula is C29H29FN2O. The number of hydrogen-bond donors (Lipinski definition) is 0. The van der Waals surface area contributed by atoms with Gasteiger partial charge in [0.15, 0.2) is 0 Å². The van der Waals surface area contributed by atoms with Crippen LogP contribution in [0.15, 0.2) is 73.1 Å². The lowest BCUT2D eigenvalue weighted by Crippen LogP contribution is -2.34. The van der Waals surface area contributed by atoms with Crippen molar-refractivity contribution in [3.05, 3.63) is 101 Å². The van der Waals surface area contributed by atoms with Crippen molar-refractivity contribution in [2.45, 2.75) is 38.5 Å². The van der Waals surface area contributed by atoms with E-state index in [2.05, 4.69) is 67.3 Å². The fraction of sp³-hybridized carbons (Fsp3) is 0.276. The largest absolute Gasteiger partial charge is 0.367 e. The third-order valence-corrected chi connectivity index (χ3v) is 6.75. The molecule has 5 rings (SSSR count). The van der Waals surface area contributed by atoms with Crippen molar-refractivity contribution in [2.75, 3.05) is 14.1 Å². The molecule has 2 heterocycles. The van der Waals surface area contributed by atoms with Gasteiger partial charge in [-0.2, -0.15) is 0 Å². The van der Waals surface area contributed by atoms with Gasteiger partial charge in [0.1, 0.15) is 5.82 Å². The van der Waals surface area contributed by atoms with Crippen LogP contribution in [0.4, 0.5) is 4.39 Å². The maximum Gasteiger partial charge on any atom is 0.123 e. The molecule has 1 aromatic heterocycles. The average Bonchev–Trinajstić information content (AvgIpc) is 3.22. The predicted octanol–water partition coefficient (Wildman–Crippen LogP) is 6.48. The molecule has 0 fully saturated rings. The zero-order valence-electron chi connectivity index (χ0n) is 19.4. The van der Waals surface area contributed by atoms with Crippen molar-refractivity contribution in [1.82, 2.24) is 9.88 Å². The molecule has 0 aliphatic carbocycles. The molecule has 168 valence electrons. The number of hydrogen-bond acceptors (Lipinski definition) is 3. The minimum Gasteiger partial charge on any atom is -0.367 e. The van der Waals surface area contributed by atoms with E-state index in [0.717, 1.165) is 29.4 Å². The van der Waals surface area contributed by atoms with Crippen LogP contribution in [-0.4, -0.2) is 30.0 Å². The molecule has 0 saturated carbocycles. The first-order valence-corrected chi connectivity index (χ1v) is 11.5. The van der Waals surface area contributed by atoms with Crippen LogP contribution in [0.1, 0.15) is 34.8 Å². The molecule has 2 atom stereocenters. The molecule has 4 aromatic rings. The third kappa shape index (κ3) is 4.41. The molecule has 0 amide bonds. The quantitative estimate of drug-likeness (QED) is 0.343. The van der Waals surface area contributed by atoms with Crippen molar-refractivity contribution >= 4 is 10.8 Å². The van der Waals surface area contributed by atoms with E-state index in [-0.39, 0.29) is 18.0 Å². The summed E-state index contributed by atoms with van der Waals surface area (Å²) in [6.07, 6.45) is 5.74. The highest BCUT2D eigenvalue weighted by atomic mass is 19.1. The second-order valence-electron chi connectivity index (χ2n) is 9.25. The van der Waals surface area contributed by atoms with E-state index < -0.39 is 0 Å². The first-order valence-electron chi connectivity index (χ1n) is 11.5. The zero-order chi connectivity index (χ0) is 22.9. The van der Waals surface area contributed by atoms with Gasteiger partial charge in [0, 0.05) is 29.4 Å². The van der Waals surface area contributed by atoms with Crippen LogP contribution in [0.2, 0.25) is 0 Å². The Labute approximate surface area is 194 Å². The molecular weight excluding hydrogens is 411 g/mol. The first-order chi connectivity index (χ1) is 16.0. The highest BCUT2D eigenvalue weighted by molar-refractivity contribution is 5.96. The summed E-state index contributed by atoms with van der Waals surface area (Å²) in [6.45, 7) is 2.72. The topological polar surface area (TPSA) is 25.4 Å². The summed E-state index contributed by atoms with van der Waals surface area (Å²) in [7, 11) is 4.21. The summed E-state index contributed by atoms with van der Waals surface area (Å²) >= 11 is 0. The Morgan fingerprint density at radius 2 is 1.85 bits per heavy atom. The number of fused-ring (bicyclic) bond motifs is 2. The normalized spacial score (nSPS) is 16.3. The molecule has 4 heteroatoms. The summed E-state index contributed by atoms with van der Waals surface area (Å²) in [5.41, 5.74) is 7.22. The second-order valence-corrected chi connectivity index (χ2v) is 9.25. The second kappa shape index (κ2) is 9.05. The highest BCUT2D eigenvalue weighted by Gasteiger charge is 2.32. The fourth-order valence-electron chi connectivity index (χ4n) is 4.94. The van der Waals surface area contributed by atoms with Crippen LogP contribution in [0.5, 0.6) is 0 Å². The lowest BCUT2D eigenvalue weighted by atomic mass is 9.92. The molecule has 0 saturated heterocycles. The maximum absolute atomic E-state index is 13.3. The van der Waals surface area contributed by atoms with E-state index in [9.17, 15) is 4.39 Å². The van der Waals surface area contributed by atoms with Gasteiger partial charge in [-0.3, -0.25) is 4.98 Å². The van der Waals surface area contributed by atoms with E-state index in [0.29, 0.717) is 6.61 Å². The van der Waals surface area contributed by atoms with Crippen LogP contribution in [0.3, 0.4) is 0 Å². The lowest BCUT2D eigenvalue weighted by molar-refractivity contribution is 0.00519. The van der Waals surface area contributed by atoms with Crippen LogP contribution >= 0.6 is 0 Å². The number of aromatic nitrogens is 1. The maximum atomic E-state index is 13.3. The van der Waals surface area contributed by atoms with Gasteiger partial charge in [-0.05, 0) is 85.8 Å². The smallest absolute Gasteiger partial charge is 0.123 e. The SMILES string of the molecule is Cc1ccc2c(-c3ccc4c(c3)COC4C(CCc3ccc(F)cc3)N(C)C)cncc2c1. The molecule has 2 unspecified atom stereocenters. The van der Waals surface area contributed by atoms with Gasteiger partial charge in [0.25, 0.3) is 0 Å². The molecule has 0 spiro atoms. The molecule has 0 radical (unpaired) electrons. The Bertz CT molecular complexity index is 1280. The van der Waals surface area contributed by atoms with Crippen LogP contribution in [0, 0.1) is 12.7 Å². The van der Waals surface area contributed by atoms with E-state index >= 15 is 0 Å². The van der Waals surface area contributed by atoms with Gasteiger partial charge in [-0.1, -0.05) is 42.0 Å². The van der Waals surface area contributed by atoms with Crippen molar-refractivity contribution in [1.29, 1.82) is 0 Å².